The van der Waals surface area contributed by atoms with Crippen molar-refractivity contribution in [3.8, 4) is 0 Å². The first-order valence-electron chi connectivity index (χ1n) is 4.14. The first kappa shape index (κ1) is 12.1. The van der Waals surface area contributed by atoms with Gasteiger partial charge in [-0.2, -0.15) is 0 Å². The van der Waals surface area contributed by atoms with Crippen LogP contribution in [0.1, 0.15) is 20.3 Å². The molecule has 0 fully saturated rings. The summed E-state index contributed by atoms with van der Waals surface area (Å²) in [6.07, 6.45) is -1.09. The number of rotatable bonds is 5. The van der Waals surface area contributed by atoms with Crippen molar-refractivity contribution in [1.82, 2.24) is 0 Å². The summed E-state index contributed by atoms with van der Waals surface area (Å²) in [5.74, 6) is -0.568. The van der Waals surface area contributed by atoms with E-state index in [2.05, 4.69) is 11.3 Å². The zero-order valence-electron chi connectivity index (χ0n) is 7.99. The van der Waals surface area contributed by atoms with Crippen molar-refractivity contribution in [2.24, 2.45) is 0 Å². The summed E-state index contributed by atoms with van der Waals surface area (Å²) in [4.78, 5) is 11.0. The summed E-state index contributed by atoms with van der Waals surface area (Å²) in [5, 5.41) is 17.7. The van der Waals surface area contributed by atoms with E-state index in [9.17, 15) is 4.79 Å². The van der Waals surface area contributed by atoms with Gasteiger partial charge in [0.2, 0.25) is 0 Å². The van der Waals surface area contributed by atoms with E-state index < -0.39 is 18.2 Å². The number of carbonyl (C=O) groups is 1. The van der Waals surface area contributed by atoms with E-state index in [1.807, 2.05) is 0 Å². The molecule has 2 N–H and O–H groups in total. The van der Waals surface area contributed by atoms with E-state index in [-0.39, 0.29) is 18.6 Å². The molecule has 0 aliphatic carbocycles. The van der Waals surface area contributed by atoms with E-state index in [0.717, 1.165) is 0 Å². The van der Waals surface area contributed by atoms with Crippen LogP contribution < -0.4 is 0 Å². The Labute approximate surface area is 77.8 Å². The second-order valence-corrected chi connectivity index (χ2v) is 3.10. The highest BCUT2D eigenvalue weighted by atomic mass is 16.5. The number of ether oxygens (including phenoxy) is 1. The Kier molecular flexibility index (Phi) is 5.34. The van der Waals surface area contributed by atoms with Gasteiger partial charge in [0.1, 0.15) is 6.61 Å². The molecule has 0 heterocycles. The summed E-state index contributed by atoms with van der Waals surface area (Å²) < 4.78 is 4.67. The minimum Gasteiger partial charge on any atom is -0.460 e. The smallest absolute Gasteiger partial charge is 0.333 e. The van der Waals surface area contributed by atoms with E-state index in [1.165, 1.54) is 6.92 Å². The summed E-state index contributed by atoms with van der Waals surface area (Å²) in [7, 11) is 0. The zero-order chi connectivity index (χ0) is 10.4. The van der Waals surface area contributed by atoms with Gasteiger partial charge in [-0.05, 0) is 13.8 Å². The average molecular weight is 188 g/mol. The lowest BCUT2D eigenvalue weighted by Crippen LogP contribution is -2.17. The lowest BCUT2D eigenvalue weighted by molar-refractivity contribution is -0.142. The van der Waals surface area contributed by atoms with Crippen molar-refractivity contribution in [2.45, 2.75) is 32.5 Å². The summed E-state index contributed by atoms with van der Waals surface area (Å²) in [6, 6.07) is 0. The van der Waals surface area contributed by atoms with Gasteiger partial charge in [0, 0.05) is 12.0 Å². The Morgan fingerprint density at radius 1 is 1.38 bits per heavy atom. The highest BCUT2D eigenvalue weighted by molar-refractivity contribution is 5.87. The minimum atomic E-state index is -0.678. The molecule has 0 aliphatic heterocycles. The molecule has 13 heavy (non-hydrogen) atoms. The third-order valence-corrected chi connectivity index (χ3v) is 1.29. The van der Waals surface area contributed by atoms with Crippen LogP contribution in [-0.2, 0) is 9.53 Å². The van der Waals surface area contributed by atoms with Crippen molar-refractivity contribution in [3.63, 3.8) is 0 Å². The molecule has 0 rings (SSSR count). The quantitative estimate of drug-likeness (QED) is 0.479. The van der Waals surface area contributed by atoms with Gasteiger partial charge in [-0.3, -0.25) is 0 Å². The van der Waals surface area contributed by atoms with Crippen molar-refractivity contribution in [2.75, 3.05) is 6.61 Å². The molecule has 0 radical (unpaired) electrons. The fraction of sp³-hybridized carbons (Fsp3) is 0.667. The molecular formula is C9H16O4. The van der Waals surface area contributed by atoms with Crippen LogP contribution in [0.15, 0.2) is 12.2 Å². The molecule has 0 aliphatic rings. The van der Waals surface area contributed by atoms with Gasteiger partial charge in [0.25, 0.3) is 0 Å². The fourth-order valence-electron chi connectivity index (χ4n) is 0.738. The number of aliphatic hydroxyl groups is 2. The second-order valence-electron chi connectivity index (χ2n) is 3.10. The lowest BCUT2D eigenvalue weighted by atomic mass is 10.1. The van der Waals surface area contributed by atoms with Crippen LogP contribution in [0.3, 0.4) is 0 Å². The van der Waals surface area contributed by atoms with Gasteiger partial charge in [-0.15, -0.1) is 0 Å². The summed E-state index contributed by atoms with van der Waals surface area (Å²) >= 11 is 0. The SMILES string of the molecule is C=C(CC(C)O)C(=O)OCC(C)O. The highest BCUT2D eigenvalue weighted by Crippen LogP contribution is 2.04. The normalized spacial score (nSPS) is 14.8. The molecule has 0 spiro atoms. The topological polar surface area (TPSA) is 66.8 Å². The van der Waals surface area contributed by atoms with Crippen LogP contribution in [0, 0.1) is 0 Å². The van der Waals surface area contributed by atoms with Gasteiger partial charge in [-0.1, -0.05) is 6.58 Å². The van der Waals surface area contributed by atoms with Crippen LogP contribution >= 0.6 is 0 Å². The van der Waals surface area contributed by atoms with E-state index in [0.29, 0.717) is 0 Å². The maximum atomic E-state index is 11.0. The van der Waals surface area contributed by atoms with Crippen LogP contribution in [0.5, 0.6) is 0 Å². The van der Waals surface area contributed by atoms with Gasteiger partial charge in [0.05, 0.1) is 12.2 Å². The van der Waals surface area contributed by atoms with E-state index in [4.69, 9.17) is 10.2 Å². The predicted octanol–water partition coefficient (Wildman–Crippen LogP) is 0.237. The van der Waals surface area contributed by atoms with Gasteiger partial charge < -0.3 is 14.9 Å². The van der Waals surface area contributed by atoms with Crippen molar-refractivity contribution < 1.29 is 19.7 Å². The standard InChI is InChI=1S/C9H16O4/c1-6(4-7(2)10)9(12)13-5-8(3)11/h7-8,10-11H,1,4-5H2,2-3H3. The van der Waals surface area contributed by atoms with Crippen molar-refractivity contribution in [3.05, 3.63) is 12.2 Å². The maximum absolute atomic E-state index is 11.0. The number of hydrogen-bond acceptors (Lipinski definition) is 4. The third-order valence-electron chi connectivity index (χ3n) is 1.29. The molecule has 76 valence electrons. The van der Waals surface area contributed by atoms with Crippen LogP contribution in [0.2, 0.25) is 0 Å². The Bertz CT molecular complexity index is 184. The molecule has 0 amide bonds. The predicted molar refractivity (Wildman–Crippen MR) is 48.1 cm³/mol. The Morgan fingerprint density at radius 3 is 2.31 bits per heavy atom. The van der Waals surface area contributed by atoms with Crippen LogP contribution in [0.4, 0.5) is 0 Å². The molecule has 0 saturated heterocycles. The zero-order valence-corrected chi connectivity index (χ0v) is 7.99. The molecule has 2 atom stereocenters. The van der Waals surface area contributed by atoms with Gasteiger partial charge >= 0.3 is 5.97 Å². The highest BCUT2D eigenvalue weighted by Gasteiger charge is 2.11. The average Bonchev–Trinajstić information content (AvgIpc) is 1.98. The number of carbonyl (C=O) groups excluding carboxylic acids is 1. The van der Waals surface area contributed by atoms with Gasteiger partial charge in [0.15, 0.2) is 0 Å². The first-order chi connectivity index (χ1) is 5.93. The first-order valence-corrected chi connectivity index (χ1v) is 4.14. The van der Waals surface area contributed by atoms with Crippen molar-refractivity contribution in [1.29, 1.82) is 0 Å². The van der Waals surface area contributed by atoms with Crippen LogP contribution in [-0.4, -0.2) is 35.0 Å². The van der Waals surface area contributed by atoms with E-state index in [1.54, 1.807) is 6.92 Å². The third kappa shape index (κ3) is 6.31. The minimum absolute atomic E-state index is 0.0440. The van der Waals surface area contributed by atoms with Crippen LogP contribution in [0.25, 0.3) is 0 Å². The molecule has 0 bridgehead atoms. The van der Waals surface area contributed by atoms with Crippen molar-refractivity contribution >= 4 is 5.97 Å². The monoisotopic (exact) mass is 188 g/mol. The second kappa shape index (κ2) is 5.72. The molecule has 0 aromatic rings. The van der Waals surface area contributed by atoms with Gasteiger partial charge in [-0.25, -0.2) is 4.79 Å². The molecule has 0 aromatic heterocycles. The molecule has 4 heteroatoms. The maximum Gasteiger partial charge on any atom is 0.333 e. The summed E-state index contributed by atoms with van der Waals surface area (Å²) in [5.41, 5.74) is 0.218. The van der Waals surface area contributed by atoms with E-state index >= 15 is 0 Å². The molecule has 0 aromatic carbocycles. The summed E-state index contributed by atoms with van der Waals surface area (Å²) in [6.45, 7) is 6.49. The molecule has 0 saturated carbocycles. The largest absolute Gasteiger partial charge is 0.460 e. The molecule has 2 unspecified atom stereocenters. The number of hydrogen-bond donors (Lipinski definition) is 2. The number of esters is 1. The Morgan fingerprint density at radius 2 is 1.92 bits per heavy atom. The lowest BCUT2D eigenvalue weighted by Gasteiger charge is -2.09. The Balaban J connectivity index is 3.77. The molecular weight excluding hydrogens is 172 g/mol. The molecule has 4 nitrogen and oxygen atoms in total. The fourth-order valence-corrected chi connectivity index (χ4v) is 0.738. The number of aliphatic hydroxyl groups excluding tert-OH is 2. The Hall–Kier alpha value is -0.870.